The molecule has 12 heavy (non-hydrogen) atoms. The van der Waals surface area contributed by atoms with Crippen molar-refractivity contribution in [3.63, 3.8) is 0 Å². The van der Waals surface area contributed by atoms with Gasteiger partial charge in [0, 0.05) is 11.6 Å². The third-order valence-corrected chi connectivity index (χ3v) is 1.25. The van der Waals surface area contributed by atoms with Gasteiger partial charge in [0.1, 0.15) is 0 Å². The number of ether oxygens (including phenoxy) is 1. The van der Waals surface area contributed by atoms with Crippen molar-refractivity contribution in [3.8, 4) is 0 Å². The molecule has 0 bridgehead atoms. The molecule has 0 rings (SSSR count). The van der Waals surface area contributed by atoms with Crippen LogP contribution >= 0.6 is 0 Å². The van der Waals surface area contributed by atoms with Crippen molar-refractivity contribution in [2.24, 2.45) is 0 Å². The van der Waals surface area contributed by atoms with E-state index in [1.165, 1.54) is 12.2 Å². The molecule has 0 N–H and O–H groups in total. The average Bonchev–Trinajstić information content (AvgIpc) is 2.03. The smallest absolute Gasteiger partial charge is 0.341 e. The maximum atomic E-state index is 10.9. The number of carbonyl (C=O) groups is 2. The number of esters is 2. The molecule has 0 saturated heterocycles. The van der Waals surface area contributed by atoms with Crippen LogP contribution in [0.25, 0.3) is 0 Å². The topological polar surface area (TPSA) is 43.4 Å². The highest BCUT2D eigenvalue weighted by atomic mass is 16.6. The number of carbonyl (C=O) groups excluding carboxylic acids is 2. The summed E-state index contributed by atoms with van der Waals surface area (Å²) >= 11 is 0. The van der Waals surface area contributed by atoms with E-state index in [9.17, 15) is 9.59 Å². The zero-order valence-electron chi connectivity index (χ0n) is 7.46. The lowest BCUT2D eigenvalue weighted by Crippen LogP contribution is -2.10. The van der Waals surface area contributed by atoms with Crippen LogP contribution in [0.2, 0.25) is 0 Å². The lowest BCUT2D eigenvalue weighted by atomic mass is 10.3. The molecule has 66 valence electrons. The summed E-state index contributed by atoms with van der Waals surface area (Å²) in [6.45, 7) is 4.97. The number of allylic oxidation sites excluding steroid dienone is 2. The molecule has 0 fully saturated rings. The molecule has 0 aromatic rings. The molecule has 0 unspecified atom stereocenters. The largest absolute Gasteiger partial charge is 0.386 e. The second-order valence-electron chi connectivity index (χ2n) is 2.18. The Morgan fingerprint density at radius 3 is 2.25 bits per heavy atom. The van der Waals surface area contributed by atoms with Crippen molar-refractivity contribution in [1.82, 2.24) is 0 Å². The van der Waals surface area contributed by atoms with Gasteiger partial charge >= 0.3 is 11.9 Å². The minimum Gasteiger partial charge on any atom is -0.386 e. The van der Waals surface area contributed by atoms with Gasteiger partial charge in [-0.2, -0.15) is 0 Å². The van der Waals surface area contributed by atoms with E-state index < -0.39 is 11.9 Å². The van der Waals surface area contributed by atoms with Crippen molar-refractivity contribution < 1.29 is 14.3 Å². The number of hydrogen-bond donors (Lipinski definition) is 0. The molecule has 3 nitrogen and oxygen atoms in total. The van der Waals surface area contributed by atoms with Crippen LogP contribution in [0.5, 0.6) is 0 Å². The second kappa shape index (κ2) is 5.29. The molecule has 0 aromatic heterocycles. The van der Waals surface area contributed by atoms with Gasteiger partial charge in [-0.3, -0.25) is 0 Å². The van der Waals surface area contributed by atoms with Crippen molar-refractivity contribution in [3.05, 3.63) is 23.8 Å². The summed E-state index contributed by atoms with van der Waals surface area (Å²) in [4.78, 5) is 21.6. The summed E-state index contributed by atoms with van der Waals surface area (Å²) in [6, 6.07) is 0. The molecule has 0 spiro atoms. The lowest BCUT2D eigenvalue weighted by Gasteiger charge is -1.97. The zero-order valence-corrected chi connectivity index (χ0v) is 7.46. The molecule has 3 heteroatoms. The van der Waals surface area contributed by atoms with Crippen LogP contribution < -0.4 is 0 Å². The molecule has 0 heterocycles. The number of rotatable bonds is 2. The van der Waals surface area contributed by atoms with Gasteiger partial charge < -0.3 is 4.74 Å². The third kappa shape index (κ3) is 3.71. The predicted molar refractivity (Wildman–Crippen MR) is 45.3 cm³/mol. The normalized spacial score (nSPS) is 11.8. The van der Waals surface area contributed by atoms with E-state index in [1.54, 1.807) is 26.8 Å². The van der Waals surface area contributed by atoms with Gasteiger partial charge in [-0.25, -0.2) is 9.59 Å². The van der Waals surface area contributed by atoms with Gasteiger partial charge in [0.25, 0.3) is 0 Å². The fourth-order valence-corrected chi connectivity index (χ4v) is 0.460. The van der Waals surface area contributed by atoms with E-state index in [0.717, 1.165) is 0 Å². The Morgan fingerprint density at radius 1 is 1.25 bits per heavy atom. The van der Waals surface area contributed by atoms with E-state index in [2.05, 4.69) is 4.74 Å². The van der Waals surface area contributed by atoms with E-state index in [0.29, 0.717) is 5.57 Å². The van der Waals surface area contributed by atoms with Crippen molar-refractivity contribution in [1.29, 1.82) is 0 Å². The number of hydrogen-bond acceptors (Lipinski definition) is 3. The molecule has 0 radical (unpaired) electrons. The Morgan fingerprint density at radius 2 is 1.83 bits per heavy atom. The third-order valence-electron chi connectivity index (χ3n) is 1.25. The van der Waals surface area contributed by atoms with Gasteiger partial charge in [0.2, 0.25) is 0 Å². The van der Waals surface area contributed by atoms with Crippen LogP contribution in [0.1, 0.15) is 20.8 Å². The summed E-state index contributed by atoms with van der Waals surface area (Å²) in [6.07, 6.45) is 4.30. The van der Waals surface area contributed by atoms with Crippen molar-refractivity contribution >= 4 is 11.9 Å². The first-order valence-corrected chi connectivity index (χ1v) is 3.63. The maximum absolute atomic E-state index is 10.9. The van der Waals surface area contributed by atoms with Crippen LogP contribution in [0.15, 0.2) is 23.8 Å². The molecule has 0 aliphatic carbocycles. The quantitative estimate of drug-likeness (QED) is 0.357. The summed E-state index contributed by atoms with van der Waals surface area (Å²) < 4.78 is 4.41. The Hall–Kier alpha value is -1.38. The molecule has 0 aromatic carbocycles. The standard InChI is InChI=1S/C9H12O3/c1-4-6-8(10)12-9(11)7(3)5-2/h4-6H,1-3H3/b6-4+,7-5?. The van der Waals surface area contributed by atoms with Crippen molar-refractivity contribution in [2.75, 3.05) is 0 Å². The minimum absolute atomic E-state index is 0.424. The second-order valence-corrected chi connectivity index (χ2v) is 2.18. The fourth-order valence-electron chi connectivity index (χ4n) is 0.460. The van der Waals surface area contributed by atoms with Crippen LogP contribution in [-0.2, 0) is 14.3 Å². The molecular weight excluding hydrogens is 156 g/mol. The Kier molecular flexibility index (Phi) is 4.69. The van der Waals surface area contributed by atoms with Gasteiger partial charge in [-0.1, -0.05) is 12.2 Å². The van der Waals surface area contributed by atoms with Crippen molar-refractivity contribution in [2.45, 2.75) is 20.8 Å². The maximum Gasteiger partial charge on any atom is 0.341 e. The fraction of sp³-hybridized carbons (Fsp3) is 0.333. The summed E-state index contributed by atoms with van der Waals surface area (Å²) in [5.41, 5.74) is 0.424. The highest BCUT2D eigenvalue weighted by Gasteiger charge is 2.07. The summed E-state index contributed by atoms with van der Waals surface area (Å²) in [5.74, 6) is -1.23. The van der Waals surface area contributed by atoms with Crippen LogP contribution in [0, 0.1) is 0 Å². The van der Waals surface area contributed by atoms with Gasteiger partial charge in [0.05, 0.1) is 0 Å². The first-order valence-electron chi connectivity index (χ1n) is 3.63. The molecule has 0 aliphatic heterocycles. The highest BCUT2D eigenvalue weighted by Crippen LogP contribution is 1.96. The molecule has 0 atom stereocenters. The van der Waals surface area contributed by atoms with Crippen LogP contribution in [-0.4, -0.2) is 11.9 Å². The van der Waals surface area contributed by atoms with E-state index in [4.69, 9.17) is 0 Å². The first kappa shape index (κ1) is 10.6. The van der Waals surface area contributed by atoms with Gasteiger partial charge in [0.15, 0.2) is 0 Å². The summed E-state index contributed by atoms with van der Waals surface area (Å²) in [7, 11) is 0. The minimum atomic E-state index is -0.635. The first-order chi connectivity index (χ1) is 5.61. The van der Waals surface area contributed by atoms with E-state index >= 15 is 0 Å². The Balaban J connectivity index is 4.11. The molecule has 0 aliphatic rings. The molecule has 0 amide bonds. The van der Waals surface area contributed by atoms with Gasteiger partial charge in [-0.15, -0.1) is 0 Å². The predicted octanol–water partition coefficient (Wildman–Crippen LogP) is 1.60. The highest BCUT2D eigenvalue weighted by molar-refractivity contribution is 5.98. The Bertz CT molecular complexity index is 236. The summed E-state index contributed by atoms with van der Waals surface area (Å²) in [5, 5.41) is 0. The van der Waals surface area contributed by atoms with Gasteiger partial charge in [-0.05, 0) is 20.8 Å². The van der Waals surface area contributed by atoms with Crippen LogP contribution in [0.3, 0.4) is 0 Å². The average molecular weight is 168 g/mol. The molecular formula is C9H12O3. The Labute approximate surface area is 71.7 Å². The van der Waals surface area contributed by atoms with E-state index in [-0.39, 0.29) is 0 Å². The monoisotopic (exact) mass is 168 g/mol. The van der Waals surface area contributed by atoms with E-state index in [1.807, 2.05) is 0 Å². The van der Waals surface area contributed by atoms with Crippen LogP contribution in [0.4, 0.5) is 0 Å². The zero-order chi connectivity index (χ0) is 9.56. The lowest BCUT2D eigenvalue weighted by molar-refractivity contribution is -0.153. The molecule has 0 saturated carbocycles. The SMILES string of the molecule is CC=C(C)C(=O)OC(=O)/C=C/C.